The quantitative estimate of drug-likeness (QED) is 0.806. The van der Waals surface area contributed by atoms with Crippen LogP contribution in [0.1, 0.15) is 11.3 Å². The molecule has 0 radical (unpaired) electrons. The molecule has 106 valence electrons. The van der Waals surface area contributed by atoms with Gasteiger partial charge in [-0.1, -0.05) is 52.7 Å². The van der Waals surface area contributed by atoms with Crippen molar-refractivity contribution >= 4 is 11.6 Å². The minimum atomic E-state index is -0.163. The Bertz CT molecular complexity index is 765. The van der Waals surface area contributed by atoms with Crippen LogP contribution < -0.4 is 0 Å². The summed E-state index contributed by atoms with van der Waals surface area (Å²) in [7, 11) is 0. The van der Waals surface area contributed by atoms with Gasteiger partial charge in [0.25, 0.3) is 0 Å². The summed E-state index contributed by atoms with van der Waals surface area (Å²) in [5.41, 5.74) is 4.25. The zero-order chi connectivity index (χ0) is 14.8. The molecule has 0 aliphatic rings. The maximum absolute atomic E-state index is 9.51. The van der Waals surface area contributed by atoms with E-state index in [1.54, 1.807) is 10.7 Å². The van der Waals surface area contributed by atoms with Gasteiger partial charge in [0.1, 0.15) is 11.4 Å². The first kappa shape index (κ1) is 13.8. The Morgan fingerprint density at radius 1 is 1.14 bits per heavy atom. The molecule has 1 aromatic heterocycles. The highest BCUT2D eigenvalue weighted by Gasteiger charge is 2.15. The van der Waals surface area contributed by atoms with Crippen LogP contribution in [0.4, 0.5) is 0 Å². The van der Waals surface area contributed by atoms with E-state index < -0.39 is 0 Å². The average Bonchev–Trinajstić information content (AvgIpc) is 2.92. The Labute approximate surface area is 127 Å². The molecule has 2 aromatic carbocycles. The molecule has 4 nitrogen and oxygen atoms in total. The van der Waals surface area contributed by atoms with Crippen molar-refractivity contribution in [3.8, 4) is 16.9 Å². The predicted octanol–water partition coefficient (Wildman–Crippen LogP) is 3.39. The molecule has 21 heavy (non-hydrogen) atoms. The topological polar surface area (TPSA) is 50.9 Å². The van der Waals surface area contributed by atoms with Crippen LogP contribution in [0.2, 0.25) is 5.02 Å². The number of aryl methyl sites for hydroxylation is 1. The van der Waals surface area contributed by atoms with E-state index in [1.807, 2.05) is 49.4 Å². The van der Waals surface area contributed by atoms with Crippen LogP contribution in [0.3, 0.4) is 0 Å². The third-order valence-corrected chi connectivity index (χ3v) is 3.50. The lowest BCUT2D eigenvalue weighted by Gasteiger charge is -2.08. The molecular weight excluding hydrogens is 286 g/mol. The fourth-order valence-electron chi connectivity index (χ4n) is 2.21. The van der Waals surface area contributed by atoms with E-state index in [4.69, 9.17) is 11.6 Å². The van der Waals surface area contributed by atoms with Crippen molar-refractivity contribution in [3.05, 3.63) is 64.8 Å². The second kappa shape index (κ2) is 5.68. The zero-order valence-corrected chi connectivity index (χ0v) is 12.2. The normalized spacial score (nSPS) is 10.8. The van der Waals surface area contributed by atoms with E-state index in [2.05, 4.69) is 10.3 Å². The average molecular weight is 300 g/mol. The fourth-order valence-corrected chi connectivity index (χ4v) is 2.39. The number of hydrogen-bond acceptors (Lipinski definition) is 3. The number of aromatic nitrogens is 3. The first-order valence-corrected chi connectivity index (χ1v) is 6.95. The molecule has 5 heteroatoms. The van der Waals surface area contributed by atoms with Crippen molar-refractivity contribution in [1.29, 1.82) is 0 Å². The first-order valence-electron chi connectivity index (χ1n) is 6.57. The largest absolute Gasteiger partial charge is 0.390 e. The molecule has 0 amide bonds. The minimum Gasteiger partial charge on any atom is -0.390 e. The second-order valence-corrected chi connectivity index (χ2v) is 5.24. The van der Waals surface area contributed by atoms with Crippen LogP contribution in [0.5, 0.6) is 0 Å². The summed E-state index contributed by atoms with van der Waals surface area (Å²) in [6, 6.07) is 15.4. The smallest absolute Gasteiger partial charge is 0.117 e. The summed E-state index contributed by atoms with van der Waals surface area (Å²) in [5.74, 6) is 0. The van der Waals surface area contributed by atoms with Gasteiger partial charge in [0.2, 0.25) is 0 Å². The van der Waals surface area contributed by atoms with Crippen LogP contribution in [-0.2, 0) is 6.61 Å². The monoisotopic (exact) mass is 299 g/mol. The highest BCUT2D eigenvalue weighted by molar-refractivity contribution is 6.30. The van der Waals surface area contributed by atoms with E-state index >= 15 is 0 Å². The molecule has 0 aliphatic heterocycles. The van der Waals surface area contributed by atoms with Gasteiger partial charge in [-0.15, -0.1) is 5.10 Å². The van der Waals surface area contributed by atoms with E-state index in [-0.39, 0.29) is 6.61 Å². The standard InChI is InChI=1S/C16H14ClN3O/c1-11-5-7-12(8-6-11)16-15(10-21)18-19-20(16)14-4-2-3-13(17)9-14/h2-9,21H,10H2,1H3. The molecule has 0 spiro atoms. The Kier molecular flexibility index (Phi) is 3.73. The lowest BCUT2D eigenvalue weighted by molar-refractivity contribution is 0.277. The van der Waals surface area contributed by atoms with Gasteiger partial charge < -0.3 is 5.11 Å². The van der Waals surface area contributed by atoms with Gasteiger partial charge in [-0.05, 0) is 25.1 Å². The van der Waals surface area contributed by atoms with Crippen molar-refractivity contribution in [2.45, 2.75) is 13.5 Å². The van der Waals surface area contributed by atoms with Gasteiger partial charge in [-0.2, -0.15) is 0 Å². The molecule has 3 aromatic rings. The molecule has 0 saturated heterocycles. The Hall–Kier alpha value is -2.17. The SMILES string of the molecule is Cc1ccc(-c2c(CO)nnn2-c2cccc(Cl)c2)cc1. The highest BCUT2D eigenvalue weighted by atomic mass is 35.5. The van der Waals surface area contributed by atoms with Crippen molar-refractivity contribution in [1.82, 2.24) is 15.0 Å². The summed E-state index contributed by atoms with van der Waals surface area (Å²) in [6.07, 6.45) is 0. The Morgan fingerprint density at radius 3 is 2.57 bits per heavy atom. The maximum Gasteiger partial charge on any atom is 0.117 e. The summed E-state index contributed by atoms with van der Waals surface area (Å²) in [4.78, 5) is 0. The first-order chi connectivity index (χ1) is 10.2. The Balaban J connectivity index is 2.19. The number of aliphatic hydroxyl groups is 1. The summed E-state index contributed by atoms with van der Waals surface area (Å²) in [6.45, 7) is 1.87. The second-order valence-electron chi connectivity index (χ2n) is 4.80. The molecule has 0 unspecified atom stereocenters. The van der Waals surface area contributed by atoms with Crippen molar-refractivity contribution in [3.63, 3.8) is 0 Å². The van der Waals surface area contributed by atoms with Crippen LogP contribution in [-0.4, -0.2) is 20.1 Å². The summed E-state index contributed by atoms with van der Waals surface area (Å²) < 4.78 is 1.70. The van der Waals surface area contributed by atoms with Gasteiger partial charge in [0.15, 0.2) is 0 Å². The van der Waals surface area contributed by atoms with Gasteiger partial charge in [-0.3, -0.25) is 0 Å². The third kappa shape index (κ3) is 2.68. The van der Waals surface area contributed by atoms with Crippen molar-refractivity contribution < 1.29 is 5.11 Å². The van der Waals surface area contributed by atoms with Gasteiger partial charge in [0.05, 0.1) is 12.3 Å². The van der Waals surface area contributed by atoms with E-state index in [9.17, 15) is 5.11 Å². The number of rotatable bonds is 3. The van der Waals surface area contributed by atoms with Crippen LogP contribution in [0.15, 0.2) is 48.5 Å². The molecule has 0 saturated carbocycles. The lowest BCUT2D eigenvalue weighted by Crippen LogP contribution is -2.00. The highest BCUT2D eigenvalue weighted by Crippen LogP contribution is 2.26. The van der Waals surface area contributed by atoms with Crippen molar-refractivity contribution in [2.24, 2.45) is 0 Å². The van der Waals surface area contributed by atoms with Gasteiger partial charge >= 0.3 is 0 Å². The molecular formula is C16H14ClN3O. The molecule has 0 fully saturated rings. The molecule has 3 rings (SSSR count). The number of benzene rings is 2. The lowest BCUT2D eigenvalue weighted by atomic mass is 10.1. The van der Waals surface area contributed by atoms with Crippen molar-refractivity contribution in [2.75, 3.05) is 0 Å². The maximum atomic E-state index is 9.51. The fraction of sp³-hybridized carbons (Fsp3) is 0.125. The van der Waals surface area contributed by atoms with Crippen LogP contribution in [0.25, 0.3) is 16.9 Å². The van der Waals surface area contributed by atoms with Gasteiger partial charge in [-0.25, -0.2) is 4.68 Å². The molecule has 0 bridgehead atoms. The summed E-state index contributed by atoms with van der Waals surface area (Å²) >= 11 is 6.04. The minimum absolute atomic E-state index is 0.163. The van der Waals surface area contributed by atoms with E-state index in [0.717, 1.165) is 16.9 Å². The molecule has 1 N–H and O–H groups in total. The summed E-state index contributed by atoms with van der Waals surface area (Å²) in [5, 5.41) is 18.3. The number of hydrogen-bond donors (Lipinski definition) is 1. The van der Waals surface area contributed by atoms with E-state index in [1.165, 1.54) is 5.56 Å². The van der Waals surface area contributed by atoms with E-state index in [0.29, 0.717) is 10.7 Å². The zero-order valence-electron chi connectivity index (χ0n) is 11.5. The predicted molar refractivity (Wildman–Crippen MR) is 82.5 cm³/mol. The number of aliphatic hydroxyl groups excluding tert-OH is 1. The van der Waals surface area contributed by atoms with Gasteiger partial charge in [0, 0.05) is 10.6 Å². The molecule has 1 heterocycles. The third-order valence-electron chi connectivity index (χ3n) is 3.27. The van der Waals surface area contributed by atoms with Crippen LogP contribution in [0, 0.1) is 6.92 Å². The molecule has 0 atom stereocenters. The Morgan fingerprint density at radius 2 is 1.90 bits per heavy atom. The molecule has 0 aliphatic carbocycles. The number of halogens is 1. The van der Waals surface area contributed by atoms with Crippen LogP contribution >= 0.6 is 11.6 Å². The number of nitrogens with zero attached hydrogens (tertiary/aromatic N) is 3.